The summed E-state index contributed by atoms with van der Waals surface area (Å²) in [5, 5.41) is 0. The van der Waals surface area contributed by atoms with Gasteiger partial charge in [-0.05, 0) is 41.7 Å². The van der Waals surface area contributed by atoms with E-state index in [-0.39, 0.29) is 11.3 Å². The second-order valence-corrected chi connectivity index (χ2v) is 6.88. The number of hydrogen-bond acceptors (Lipinski definition) is 2. The second kappa shape index (κ2) is 5.82. The number of likely N-dealkylation sites (tertiary alicyclic amines) is 1. The van der Waals surface area contributed by atoms with E-state index < -0.39 is 0 Å². The third-order valence-corrected chi connectivity index (χ3v) is 5.42. The largest absolute Gasteiger partial charge is 0.399 e. The lowest BCUT2D eigenvalue weighted by Gasteiger charge is -2.39. The van der Waals surface area contributed by atoms with E-state index in [1.165, 1.54) is 11.1 Å². The van der Waals surface area contributed by atoms with Crippen LogP contribution in [0.1, 0.15) is 29.5 Å². The summed E-state index contributed by atoms with van der Waals surface area (Å²) in [6.07, 6.45) is 7.06. The average molecular weight is 318 g/mol. The summed E-state index contributed by atoms with van der Waals surface area (Å²) in [4.78, 5) is 14.6. The maximum absolute atomic E-state index is 12.6. The van der Waals surface area contributed by atoms with Crippen LogP contribution in [0, 0.1) is 0 Å². The first-order chi connectivity index (χ1) is 11.7. The maximum atomic E-state index is 12.6. The van der Waals surface area contributed by atoms with Crippen molar-refractivity contribution < 1.29 is 4.79 Å². The van der Waals surface area contributed by atoms with Crippen molar-refractivity contribution in [1.82, 2.24) is 4.90 Å². The first-order valence-electron chi connectivity index (χ1n) is 8.57. The molecule has 122 valence electrons. The molecule has 2 aromatic rings. The summed E-state index contributed by atoms with van der Waals surface area (Å²) < 4.78 is 0. The van der Waals surface area contributed by atoms with E-state index in [2.05, 4.69) is 36.4 Å². The summed E-state index contributed by atoms with van der Waals surface area (Å²) in [5.74, 6) is 0.213. The van der Waals surface area contributed by atoms with Crippen LogP contribution in [-0.4, -0.2) is 23.9 Å². The first kappa shape index (κ1) is 15.0. The van der Waals surface area contributed by atoms with Gasteiger partial charge < -0.3 is 10.6 Å². The van der Waals surface area contributed by atoms with Gasteiger partial charge in [0.1, 0.15) is 0 Å². The summed E-state index contributed by atoms with van der Waals surface area (Å²) in [6.45, 7) is 1.65. The Morgan fingerprint density at radius 1 is 1.04 bits per heavy atom. The fourth-order valence-electron chi connectivity index (χ4n) is 3.95. The van der Waals surface area contributed by atoms with Gasteiger partial charge in [-0.1, -0.05) is 48.6 Å². The number of nitrogens with zero attached hydrogens (tertiary/aromatic N) is 1. The molecular weight excluding hydrogens is 296 g/mol. The van der Waals surface area contributed by atoms with Gasteiger partial charge in [-0.2, -0.15) is 0 Å². The van der Waals surface area contributed by atoms with Crippen LogP contribution in [0.2, 0.25) is 0 Å². The van der Waals surface area contributed by atoms with E-state index in [1.807, 2.05) is 29.2 Å². The lowest BCUT2D eigenvalue weighted by atomic mass is 9.74. The van der Waals surface area contributed by atoms with Crippen molar-refractivity contribution in [1.29, 1.82) is 0 Å². The Balaban J connectivity index is 1.42. The molecule has 1 spiro atoms. The van der Waals surface area contributed by atoms with Crippen molar-refractivity contribution >= 4 is 17.7 Å². The van der Waals surface area contributed by atoms with E-state index in [0.29, 0.717) is 6.42 Å². The van der Waals surface area contributed by atoms with E-state index in [1.54, 1.807) is 0 Å². The molecule has 2 aromatic carbocycles. The van der Waals surface area contributed by atoms with Crippen LogP contribution in [0.25, 0.3) is 6.08 Å². The minimum Gasteiger partial charge on any atom is -0.399 e. The molecule has 1 fully saturated rings. The Bertz CT molecular complexity index is 784. The van der Waals surface area contributed by atoms with E-state index in [9.17, 15) is 4.79 Å². The average Bonchev–Trinajstić information content (AvgIpc) is 2.96. The molecule has 1 aliphatic carbocycles. The summed E-state index contributed by atoms with van der Waals surface area (Å²) in [6, 6.07) is 16.2. The number of anilines is 1. The van der Waals surface area contributed by atoms with Gasteiger partial charge in [0.25, 0.3) is 0 Å². The van der Waals surface area contributed by atoms with Gasteiger partial charge in [0.2, 0.25) is 5.91 Å². The molecule has 0 unspecified atom stereocenters. The lowest BCUT2D eigenvalue weighted by molar-refractivity contribution is -0.131. The first-order valence-corrected chi connectivity index (χ1v) is 8.57. The molecule has 2 aliphatic rings. The molecule has 1 amide bonds. The van der Waals surface area contributed by atoms with Gasteiger partial charge in [0, 0.05) is 24.2 Å². The van der Waals surface area contributed by atoms with Gasteiger partial charge in [0.15, 0.2) is 0 Å². The zero-order valence-electron chi connectivity index (χ0n) is 13.7. The third-order valence-electron chi connectivity index (χ3n) is 5.42. The number of allylic oxidation sites excluding steroid dienone is 1. The van der Waals surface area contributed by atoms with Gasteiger partial charge >= 0.3 is 0 Å². The molecule has 3 heteroatoms. The quantitative estimate of drug-likeness (QED) is 0.863. The number of carbonyl (C=O) groups excluding carboxylic acids is 1. The number of fused-ring (bicyclic) bond motifs is 2. The molecule has 4 rings (SSSR count). The lowest BCUT2D eigenvalue weighted by Crippen LogP contribution is -2.44. The monoisotopic (exact) mass is 318 g/mol. The highest BCUT2D eigenvalue weighted by atomic mass is 16.2. The fourth-order valence-corrected chi connectivity index (χ4v) is 3.95. The molecule has 0 atom stereocenters. The number of nitrogens with two attached hydrogens (primary N) is 1. The van der Waals surface area contributed by atoms with Crippen LogP contribution in [0.3, 0.4) is 0 Å². The van der Waals surface area contributed by atoms with Gasteiger partial charge in [-0.25, -0.2) is 0 Å². The number of amides is 1. The molecule has 1 aliphatic heterocycles. The van der Waals surface area contributed by atoms with Crippen LogP contribution in [-0.2, 0) is 16.6 Å². The highest BCUT2D eigenvalue weighted by molar-refractivity contribution is 5.79. The van der Waals surface area contributed by atoms with Crippen molar-refractivity contribution in [2.45, 2.75) is 24.7 Å². The Morgan fingerprint density at radius 3 is 2.50 bits per heavy atom. The van der Waals surface area contributed by atoms with Crippen molar-refractivity contribution in [3.8, 4) is 0 Å². The SMILES string of the molecule is Nc1ccc(CC(=O)N2CCC3(C=Cc4ccccc43)CC2)cc1. The Hall–Kier alpha value is -2.55. The van der Waals surface area contributed by atoms with Crippen LogP contribution >= 0.6 is 0 Å². The maximum Gasteiger partial charge on any atom is 0.226 e. The minimum atomic E-state index is 0.134. The molecule has 0 aromatic heterocycles. The molecule has 0 saturated carbocycles. The molecule has 0 bridgehead atoms. The summed E-state index contributed by atoms with van der Waals surface area (Å²) in [7, 11) is 0. The predicted octanol–water partition coefficient (Wildman–Crippen LogP) is 3.40. The molecular formula is C21H22N2O. The Labute approximate surface area is 142 Å². The Kier molecular flexibility index (Phi) is 3.64. The standard InChI is InChI=1S/C21H22N2O/c22-18-7-5-16(6-8-18)15-20(24)23-13-11-21(12-14-23)10-9-17-3-1-2-4-19(17)21/h1-10H,11-15,22H2. The van der Waals surface area contributed by atoms with Crippen LogP contribution in [0.15, 0.2) is 54.6 Å². The zero-order valence-corrected chi connectivity index (χ0v) is 13.7. The molecule has 1 heterocycles. The number of piperidine rings is 1. The third kappa shape index (κ3) is 2.60. The summed E-state index contributed by atoms with van der Waals surface area (Å²) >= 11 is 0. The van der Waals surface area contributed by atoms with Crippen molar-refractivity contribution in [3.05, 3.63) is 71.3 Å². The number of carbonyl (C=O) groups is 1. The molecule has 2 N–H and O–H groups in total. The molecule has 3 nitrogen and oxygen atoms in total. The topological polar surface area (TPSA) is 46.3 Å². The smallest absolute Gasteiger partial charge is 0.226 e. The molecule has 0 radical (unpaired) electrons. The highest BCUT2D eigenvalue weighted by Crippen LogP contribution is 2.43. The van der Waals surface area contributed by atoms with Gasteiger partial charge in [-0.3, -0.25) is 4.79 Å². The highest BCUT2D eigenvalue weighted by Gasteiger charge is 2.38. The van der Waals surface area contributed by atoms with Crippen LogP contribution < -0.4 is 5.73 Å². The summed E-state index contributed by atoms with van der Waals surface area (Å²) in [5.41, 5.74) is 10.4. The van der Waals surface area contributed by atoms with Gasteiger partial charge in [0.05, 0.1) is 6.42 Å². The van der Waals surface area contributed by atoms with Gasteiger partial charge in [-0.15, -0.1) is 0 Å². The van der Waals surface area contributed by atoms with Crippen molar-refractivity contribution in [2.24, 2.45) is 0 Å². The Morgan fingerprint density at radius 2 is 1.75 bits per heavy atom. The zero-order chi connectivity index (χ0) is 16.6. The predicted molar refractivity (Wildman–Crippen MR) is 97.5 cm³/mol. The van der Waals surface area contributed by atoms with Crippen molar-refractivity contribution in [3.63, 3.8) is 0 Å². The van der Waals surface area contributed by atoms with E-state index >= 15 is 0 Å². The minimum absolute atomic E-state index is 0.134. The van der Waals surface area contributed by atoms with E-state index in [0.717, 1.165) is 37.2 Å². The normalized spacial score (nSPS) is 17.9. The number of nitrogen functional groups attached to an aromatic ring is 1. The van der Waals surface area contributed by atoms with E-state index in [4.69, 9.17) is 5.73 Å². The fraction of sp³-hybridized carbons (Fsp3) is 0.286. The van der Waals surface area contributed by atoms with Crippen LogP contribution in [0.4, 0.5) is 5.69 Å². The number of rotatable bonds is 2. The van der Waals surface area contributed by atoms with Crippen molar-refractivity contribution in [2.75, 3.05) is 18.8 Å². The second-order valence-electron chi connectivity index (χ2n) is 6.88. The number of hydrogen-bond donors (Lipinski definition) is 1. The number of benzene rings is 2. The van der Waals surface area contributed by atoms with Crippen LogP contribution in [0.5, 0.6) is 0 Å². The molecule has 24 heavy (non-hydrogen) atoms. The molecule has 1 saturated heterocycles.